The Morgan fingerprint density at radius 1 is 1.11 bits per heavy atom. The molecule has 7 nitrogen and oxygen atoms in total. The van der Waals surface area contributed by atoms with Crippen molar-refractivity contribution in [1.82, 2.24) is 10.2 Å². The molecule has 1 aliphatic heterocycles. The van der Waals surface area contributed by atoms with Crippen LogP contribution in [-0.4, -0.2) is 35.1 Å². The van der Waals surface area contributed by atoms with Gasteiger partial charge in [-0.3, -0.25) is 19.3 Å². The van der Waals surface area contributed by atoms with Gasteiger partial charge in [0.15, 0.2) is 5.78 Å². The molecule has 2 aromatic rings. The van der Waals surface area contributed by atoms with Crippen molar-refractivity contribution in [2.75, 3.05) is 11.9 Å². The van der Waals surface area contributed by atoms with Gasteiger partial charge in [0.1, 0.15) is 12.1 Å². The number of Topliss-reactive ketones (excluding diaryl/α,β-unsaturated/α-hetero) is 1. The van der Waals surface area contributed by atoms with Crippen molar-refractivity contribution in [3.8, 4) is 0 Å². The van der Waals surface area contributed by atoms with Crippen LogP contribution in [0.1, 0.15) is 35.3 Å². The largest absolute Gasteiger partial charge is 0.325 e. The molecule has 0 aliphatic carbocycles. The number of aryl methyl sites for hydroxylation is 1. The second kappa shape index (κ2) is 7.26. The highest BCUT2D eigenvalue weighted by molar-refractivity contribution is 6.10. The average Bonchev–Trinajstić information content (AvgIpc) is 2.86. The van der Waals surface area contributed by atoms with Gasteiger partial charge in [0, 0.05) is 11.3 Å². The first-order chi connectivity index (χ1) is 13.2. The van der Waals surface area contributed by atoms with Gasteiger partial charge in [0.25, 0.3) is 5.91 Å². The summed E-state index contributed by atoms with van der Waals surface area (Å²) in [6, 6.07) is 13.1. The Hall–Kier alpha value is -3.48. The van der Waals surface area contributed by atoms with Crippen molar-refractivity contribution in [3.05, 3.63) is 65.2 Å². The lowest BCUT2D eigenvalue weighted by atomic mass is 9.91. The molecule has 144 valence electrons. The van der Waals surface area contributed by atoms with Crippen LogP contribution in [0.5, 0.6) is 0 Å². The van der Waals surface area contributed by atoms with Gasteiger partial charge in [-0.2, -0.15) is 0 Å². The van der Waals surface area contributed by atoms with Crippen molar-refractivity contribution >= 4 is 29.3 Å². The van der Waals surface area contributed by atoms with Crippen LogP contribution >= 0.6 is 0 Å². The number of anilines is 1. The van der Waals surface area contributed by atoms with Gasteiger partial charge in [0.2, 0.25) is 5.91 Å². The number of imide groups is 1. The van der Waals surface area contributed by atoms with E-state index in [9.17, 15) is 19.2 Å². The van der Waals surface area contributed by atoms with E-state index in [1.54, 1.807) is 43.3 Å². The molecule has 0 saturated carbocycles. The zero-order chi connectivity index (χ0) is 20.5. The maximum Gasteiger partial charge on any atom is 0.325 e. The smallest absolute Gasteiger partial charge is 0.325 e. The summed E-state index contributed by atoms with van der Waals surface area (Å²) in [4.78, 5) is 49.9. The highest BCUT2D eigenvalue weighted by atomic mass is 16.2. The van der Waals surface area contributed by atoms with Gasteiger partial charge in [-0.05, 0) is 38.5 Å². The molecule has 28 heavy (non-hydrogen) atoms. The maximum absolute atomic E-state index is 12.9. The number of carbonyl (C=O) groups excluding carboxylic acids is 4. The molecule has 7 heteroatoms. The number of hydrogen-bond acceptors (Lipinski definition) is 4. The number of amides is 4. The number of nitrogens with one attached hydrogen (secondary N) is 2. The molecule has 3 rings (SSSR count). The Kier molecular flexibility index (Phi) is 5.00. The second-order valence-corrected chi connectivity index (χ2v) is 7.00. The Morgan fingerprint density at radius 3 is 2.43 bits per heavy atom. The minimum absolute atomic E-state index is 0.126. The van der Waals surface area contributed by atoms with Gasteiger partial charge in [-0.1, -0.05) is 42.0 Å². The van der Waals surface area contributed by atoms with Crippen molar-refractivity contribution in [2.24, 2.45) is 0 Å². The van der Waals surface area contributed by atoms with Gasteiger partial charge in [0.05, 0.1) is 0 Å². The van der Waals surface area contributed by atoms with Crippen LogP contribution in [0.3, 0.4) is 0 Å². The molecule has 2 N–H and O–H groups in total. The molecule has 1 saturated heterocycles. The topological polar surface area (TPSA) is 95.6 Å². The lowest BCUT2D eigenvalue weighted by molar-refractivity contribution is -0.133. The Morgan fingerprint density at radius 2 is 1.79 bits per heavy atom. The number of rotatable bonds is 5. The molecule has 2 aromatic carbocycles. The molecule has 1 atom stereocenters. The lowest BCUT2D eigenvalue weighted by Crippen LogP contribution is -2.42. The average molecular weight is 379 g/mol. The first-order valence-electron chi connectivity index (χ1n) is 8.83. The SMILES string of the molecule is CC(=O)c1cccc(NC(=O)CN2C(=O)N[C@@](C)(c3ccc(C)cc3)C2=O)c1. The van der Waals surface area contributed by atoms with Crippen LogP contribution in [0.25, 0.3) is 0 Å². The standard InChI is InChI=1S/C21H21N3O4/c1-13-7-9-16(10-8-13)21(3)19(27)24(20(28)23-21)12-18(26)22-17-6-4-5-15(11-17)14(2)25/h4-11H,12H2,1-3H3,(H,22,26)(H,23,28)/t21-/m0/s1. The minimum atomic E-state index is -1.22. The molecule has 1 aliphatic rings. The molecule has 0 unspecified atom stereocenters. The van der Waals surface area contributed by atoms with Crippen LogP contribution in [0, 0.1) is 6.92 Å². The lowest BCUT2D eigenvalue weighted by Gasteiger charge is -2.22. The molecule has 4 amide bonds. The fourth-order valence-corrected chi connectivity index (χ4v) is 3.08. The Labute approximate surface area is 162 Å². The van der Waals surface area contributed by atoms with Gasteiger partial charge < -0.3 is 10.6 Å². The van der Waals surface area contributed by atoms with E-state index in [2.05, 4.69) is 10.6 Å². The molecule has 1 fully saturated rings. The third-order valence-corrected chi connectivity index (χ3v) is 4.76. The molecular formula is C21H21N3O4. The summed E-state index contributed by atoms with van der Waals surface area (Å²) in [6.07, 6.45) is 0. The van der Waals surface area contributed by atoms with E-state index in [1.165, 1.54) is 6.92 Å². The first-order valence-corrected chi connectivity index (χ1v) is 8.83. The fourth-order valence-electron chi connectivity index (χ4n) is 3.08. The minimum Gasteiger partial charge on any atom is -0.325 e. The van der Waals surface area contributed by atoms with Crippen LogP contribution in [-0.2, 0) is 15.1 Å². The number of carbonyl (C=O) groups is 4. The maximum atomic E-state index is 12.9. The van der Waals surface area contributed by atoms with Crippen molar-refractivity contribution in [1.29, 1.82) is 0 Å². The highest BCUT2D eigenvalue weighted by Crippen LogP contribution is 2.29. The summed E-state index contributed by atoms with van der Waals surface area (Å²) in [7, 11) is 0. The number of urea groups is 1. The van der Waals surface area contributed by atoms with E-state index in [0.717, 1.165) is 10.5 Å². The van der Waals surface area contributed by atoms with Crippen LogP contribution in [0.4, 0.5) is 10.5 Å². The fraction of sp³-hybridized carbons (Fsp3) is 0.238. The zero-order valence-corrected chi connectivity index (χ0v) is 15.9. The Bertz CT molecular complexity index is 968. The van der Waals surface area contributed by atoms with E-state index in [0.29, 0.717) is 16.8 Å². The molecule has 0 spiro atoms. The predicted molar refractivity (Wildman–Crippen MR) is 104 cm³/mol. The molecular weight excluding hydrogens is 358 g/mol. The monoisotopic (exact) mass is 379 g/mol. The summed E-state index contributed by atoms with van der Waals surface area (Å²) in [5, 5.41) is 5.29. The Balaban J connectivity index is 1.73. The normalized spacial score (nSPS) is 18.8. The first kappa shape index (κ1) is 19.3. The van der Waals surface area contributed by atoms with Gasteiger partial charge in [-0.25, -0.2) is 4.79 Å². The van der Waals surface area contributed by atoms with Gasteiger partial charge in [-0.15, -0.1) is 0 Å². The molecule has 1 heterocycles. The second-order valence-electron chi connectivity index (χ2n) is 7.00. The molecule has 0 aromatic heterocycles. The van der Waals surface area contributed by atoms with Crippen LogP contribution in [0.15, 0.2) is 48.5 Å². The van der Waals surface area contributed by atoms with E-state index < -0.39 is 29.9 Å². The number of ketones is 1. The third-order valence-electron chi connectivity index (χ3n) is 4.76. The van der Waals surface area contributed by atoms with Crippen molar-refractivity contribution in [2.45, 2.75) is 26.3 Å². The quantitative estimate of drug-likeness (QED) is 0.617. The molecule has 0 radical (unpaired) electrons. The van der Waals surface area contributed by atoms with E-state index in [4.69, 9.17) is 0 Å². The summed E-state index contributed by atoms with van der Waals surface area (Å²) < 4.78 is 0. The zero-order valence-electron chi connectivity index (χ0n) is 15.9. The summed E-state index contributed by atoms with van der Waals surface area (Å²) in [6.45, 7) is 4.56. The summed E-state index contributed by atoms with van der Waals surface area (Å²) in [5.41, 5.74) is 1.34. The van der Waals surface area contributed by atoms with Crippen molar-refractivity contribution in [3.63, 3.8) is 0 Å². The molecule has 0 bridgehead atoms. The van der Waals surface area contributed by atoms with E-state index >= 15 is 0 Å². The number of hydrogen-bond donors (Lipinski definition) is 2. The van der Waals surface area contributed by atoms with Crippen LogP contribution < -0.4 is 10.6 Å². The van der Waals surface area contributed by atoms with Gasteiger partial charge >= 0.3 is 6.03 Å². The van der Waals surface area contributed by atoms with Crippen molar-refractivity contribution < 1.29 is 19.2 Å². The number of benzene rings is 2. The van der Waals surface area contributed by atoms with E-state index in [1.807, 2.05) is 19.1 Å². The third kappa shape index (κ3) is 3.64. The highest BCUT2D eigenvalue weighted by Gasteiger charge is 2.49. The number of nitrogens with zero attached hydrogens (tertiary/aromatic N) is 1. The van der Waals surface area contributed by atoms with E-state index in [-0.39, 0.29) is 5.78 Å². The summed E-state index contributed by atoms with van der Waals surface area (Å²) in [5.74, 6) is -1.15. The summed E-state index contributed by atoms with van der Waals surface area (Å²) >= 11 is 0. The predicted octanol–water partition coefficient (Wildman–Crippen LogP) is 2.60. The van der Waals surface area contributed by atoms with Crippen LogP contribution in [0.2, 0.25) is 0 Å².